The molecule has 0 aliphatic carbocycles. The molecule has 5 heteroatoms. The summed E-state index contributed by atoms with van der Waals surface area (Å²) in [5.74, 6) is 1.43. The monoisotopic (exact) mass is 298 g/mol. The van der Waals surface area contributed by atoms with Crippen molar-refractivity contribution in [3.05, 3.63) is 53.9 Å². The largest absolute Gasteiger partial charge is 0.454 e. The van der Waals surface area contributed by atoms with E-state index >= 15 is 0 Å². The molecule has 0 spiro atoms. The molecule has 1 aliphatic rings. The smallest absolute Gasteiger partial charge is 0.231 e. The van der Waals surface area contributed by atoms with Gasteiger partial charge in [0.2, 0.25) is 12.7 Å². The number of benzene rings is 1. The molecule has 114 valence electrons. The van der Waals surface area contributed by atoms with E-state index in [-0.39, 0.29) is 18.7 Å². The van der Waals surface area contributed by atoms with E-state index in [0.29, 0.717) is 12.2 Å². The number of rotatable bonds is 5. The van der Waals surface area contributed by atoms with Gasteiger partial charge < -0.3 is 14.8 Å². The summed E-state index contributed by atoms with van der Waals surface area (Å²) in [6.07, 6.45) is 4.65. The fourth-order valence-electron chi connectivity index (χ4n) is 2.49. The number of carbonyl (C=O) groups is 1. The Balaban J connectivity index is 1.54. The van der Waals surface area contributed by atoms with E-state index in [2.05, 4.69) is 10.3 Å². The average molecular weight is 298 g/mol. The zero-order valence-electron chi connectivity index (χ0n) is 12.4. The zero-order chi connectivity index (χ0) is 15.4. The first-order valence-corrected chi connectivity index (χ1v) is 7.27. The van der Waals surface area contributed by atoms with Gasteiger partial charge in [-0.3, -0.25) is 9.78 Å². The SMILES string of the molecule is CC(Cc1cccnc1)NC(=O)Cc1ccc2c(c1)OCO2. The van der Waals surface area contributed by atoms with Crippen LogP contribution in [0.1, 0.15) is 18.1 Å². The van der Waals surface area contributed by atoms with Crippen LogP contribution < -0.4 is 14.8 Å². The number of ether oxygens (including phenoxy) is 2. The quantitative estimate of drug-likeness (QED) is 0.918. The van der Waals surface area contributed by atoms with Gasteiger partial charge in [0.15, 0.2) is 11.5 Å². The number of nitrogens with one attached hydrogen (secondary N) is 1. The molecule has 2 aromatic rings. The topological polar surface area (TPSA) is 60.5 Å². The lowest BCUT2D eigenvalue weighted by Gasteiger charge is -2.14. The number of carbonyl (C=O) groups excluding carboxylic acids is 1. The van der Waals surface area contributed by atoms with Crippen LogP contribution in [0.5, 0.6) is 11.5 Å². The number of hydrogen-bond acceptors (Lipinski definition) is 4. The fourth-order valence-corrected chi connectivity index (χ4v) is 2.49. The summed E-state index contributed by atoms with van der Waals surface area (Å²) in [6, 6.07) is 9.55. The number of aromatic nitrogens is 1. The second-order valence-electron chi connectivity index (χ2n) is 5.40. The molecule has 0 saturated heterocycles. The van der Waals surface area contributed by atoms with Gasteiger partial charge in [0.1, 0.15) is 0 Å². The van der Waals surface area contributed by atoms with Gasteiger partial charge in [-0.15, -0.1) is 0 Å². The Labute approximate surface area is 129 Å². The number of fused-ring (bicyclic) bond motifs is 1. The molecule has 0 radical (unpaired) electrons. The lowest BCUT2D eigenvalue weighted by atomic mass is 10.1. The zero-order valence-corrected chi connectivity index (χ0v) is 12.4. The van der Waals surface area contributed by atoms with Gasteiger partial charge in [-0.25, -0.2) is 0 Å². The van der Waals surface area contributed by atoms with Gasteiger partial charge in [-0.1, -0.05) is 12.1 Å². The Hall–Kier alpha value is -2.56. The van der Waals surface area contributed by atoms with E-state index in [1.165, 1.54) is 0 Å². The molecule has 1 aromatic carbocycles. The van der Waals surface area contributed by atoms with Gasteiger partial charge in [0.05, 0.1) is 6.42 Å². The summed E-state index contributed by atoms with van der Waals surface area (Å²) in [6.45, 7) is 2.23. The van der Waals surface area contributed by atoms with Crippen molar-refractivity contribution in [3.8, 4) is 11.5 Å². The average Bonchev–Trinajstić information content (AvgIpc) is 2.95. The molecule has 0 bridgehead atoms. The van der Waals surface area contributed by atoms with E-state index in [4.69, 9.17) is 9.47 Å². The first-order valence-electron chi connectivity index (χ1n) is 7.27. The van der Waals surface area contributed by atoms with E-state index in [9.17, 15) is 4.79 Å². The molecule has 1 aliphatic heterocycles. The van der Waals surface area contributed by atoms with Crippen LogP contribution in [-0.4, -0.2) is 23.7 Å². The highest BCUT2D eigenvalue weighted by Gasteiger charge is 2.15. The van der Waals surface area contributed by atoms with Crippen LogP contribution >= 0.6 is 0 Å². The summed E-state index contributed by atoms with van der Waals surface area (Å²) in [7, 11) is 0. The first kappa shape index (κ1) is 14.4. The second kappa shape index (κ2) is 6.47. The lowest BCUT2D eigenvalue weighted by Crippen LogP contribution is -2.35. The maximum absolute atomic E-state index is 12.1. The maximum atomic E-state index is 12.1. The minimum absolute atomic E-state index is 0.00439. The number of pyridine rings is 1. The third-order valence-corrected chi connectivity index (χ3v) is 3.47. The predicted octanol–water partition coefficient (Wildman–Crippen LogP) is 2.10. The highest BCUT2D eigenvalue weighted by molar-refractivity contribution is 5.79. The van der Waals surface area contributed by atoms with Crippen molar-refractivity contribution in [1.82, 2.24) is 10.3 Å². The van der Waals surface area contributed by atoms with Crippen LogP contribution in [-0.2, 0) is 17.6 Å². The molecule has 1 atom stereocenters. The van der Waals surface area contributed by atoms with Crippen LogP contribution in [0.15, 0.2) is 42.7 Å². The number of nitrogens with zero attached hydrogens (tertiary/aromatic N) is 1. The van der Waals surface area contributed by atoms with Crippen LogP contribution in [0, 0.1) is 0 Å². The molecular weight excluding hydrogens is 280 g/mol. The summed E-state index contributed by atoms with van der Waals surface area (Å²) in [5.41, 5.74) is 2.02. The van der Waals surface area contributed by atoms with Crippen LogP contribution in [0.25, 0.3) is 0 Å². The van der Waals surface area contributed by atoms with Gasteiger partial charge in [-0.05, 0) is 42.7 Å². The summed E-state index contributed by atoms with van der Waals surface area (Å²) in [4.78, 5) is 16.2. The fraction of sp³-hybridized carbons (Fsp3) is 0.294. The van der Waals surface area contributed by atoms with Crippen molar-refractivity contribution >= 4 is 5.91 Å². The molecule has 5 nitrogen and oxygen atoms in total. The highest BCUT2D eigenvalue weighted by Crippen LogP contribution is 2.32. The summed E-state index contributed by atoms with van der Waals surface area (Å²) < 4.78 is 10.6. The van der Waals surface area contributed by atoms with Crippen molar-refractivity contribution in [2.45, 2.75) is 25.8 Å². The normalized spacial score (nSPS) is 13.7. The Morgan fingerprint density at radius 1 is 1.27 bits per heavy atom. The van der Waals surface area contributed by atoms with E-state index in [1.54, 1.807) is 6.20 Å². The Bertz CT molecular complexity index is 658. The molecule has 1 aromatic heterocycles. The summed E-state index contributed by atoms with van der Waals surface area (Å²) in [5, 5.41) is 3.01. The molecule has 1 N–H and O–H groups in total. The Morgan fingerprint density at radius 3 is 2.95 bits per heavy atom. The molecule has 1 unspecified atom stereocenters. The Kier molecular flexibility index (Phi) is 4.23. The molecule has 3 rings (SSSR count). The van der Waals surface area contributed by atoms with Crippen molar-refractivity contribution in [2.75, 3.05) is 6.79 Å². The minimum Gasteiger partial charge on any atom is -0.454 e. The number of amides is 1. The van der Waals surface area contributed by atoms with Crippen LogP contribution in [0.2, 0.25) is 0 Å². The van der Waals surface area contributed by atoms with Gasteiger partial charge in [0.25, 0.3) is 0 Å². The van der Waals surface area contributed by atoms with Crippen molar-refractivity contribution in [3.63, 3.8) is 0 Å². The minimum atomic E-state index is -0.00439. The van der Waals surface area contributed by atoms with Gasteiger partial charge in [0, 0.05) is 18.4 Å². The van der Waals surface area contributed by atoms with Gasteiger partial charge in [-0.2, -0.15) is 0 Å². The molecule has 0 fully saturated rings. The predicted molar refractivity (Wildman–Crippen MR) is 81.8 cm³/mol. The van der Waals surface area contributed by atoms with E-state index in [0.717, 1.165) is 23.3 Å². The third-order valence-electron chi connectivity index (χ3n) is 3.47. The summed E-state index contributed by atoms with van der Waals surface area (Å²) >= 11 is 0. The maximum Gasteiger partial charge on any atom is 0.231 e. The van der Waals surface area contributed by atoms with Crippen LogP contribution in [0.4, 0.5) is 0 Å². The first-order chi connectivity index (χ1) is 10.7. The van der Waals surface area contributed by atoms with Crippen LogP contribution in [0.3, 0.4) is 0 Å². The lowest BCUT2D eigenvalue weighted by molar-refractivity contribution is -0.121. The highest BCUT2D eigenvalue weighted by atomic mass is 16.7. The van der Waals surface area contributed by atoms with Crippen molar-refractivity contribution in [2.24, 2.45) is 0 Å². The molecule has 0 saturated carbocycles. The molecule has 22 heavy (non-hydrogen) atoms. The van der Waals surface area contributed by atoms with Crippen molar-refractivity contribution < 1.29 is 14.3 Å². The third kappa shape index (κ3) is 3.55. The molecule has 1 amide bonds. The van der Waals surface area contributed by atoms with E-state index in [1.807, 2.05) is 43.5 Å². The van der Waals surface area contributed by atoms with Crippen molar-refractivity contribution in [1.29, 1.82) is 0 Å². The number of hydrogen-bond donors (Lipinski definition) is 1. The molecule has 2 heterocycles. The standard InChI is InChI=1S/C17H18N2O3/c1-12(7-14-3-2-6-18-10-14)19-17(20)9-13-4-5-15-16(8-13)22-11-21-15/h2-6,8,10,12H,7,9,11H2,1H3,(H,19,20). The second-order valence-corrected chi connectivity index (χ2v) is 5.40. The Morgan fingerprint density at radius 2 is 2.14 bits per heavy atom. The molecular formula is C17H18N2O3. The van der Waals surface area contributed by atoms with E-state index < -0.39 is 0 Å². The van der Waals surface area contributed by atoms with Gasteiger partial charge >= 0.3 is 0 Å².